The summed E-state index contributed by atoms with van der Waals surface area (Å²) in [5, 5.41) is 0. The fraction of sp³-hybridized carbons (Fsp3) is 0.500. The highest BCUT2D eigenvalue weighted by molar-refractivity contribution is 9.10. The van der Waals surface area contributed by atoms with Crippen molar-refractivity contribution in [1.29, 1.82) is 0 Å². The van der Waals surface area contributed by atoms with Crippen molar-refractivity contribution in [3.63, 3.8) is 0 Å². The Labute approximate surface area is 105 Å². The van der Waals surface area contributed by atoms with Crippen LogP contribution < -0.4 is 10.6 Å². The molecule has 0 unspecified atom stereocenters. The Morgan fingerprint density at radius 2 is 1.94 bits per heavy atom. The molecule has 1 aromatic carbocycles. The van der Waals surface area contributed by atoms with Gasteiger partial charge in [0.25, 0.3) is 0 Å². The molecule has 0 amide bonds. The molecular formula is C12H17BrN2O. The first-order valence-electron chi connectivity index (χ1n) is 5.51. The zero-order valence-electron chi connectivity index (χ0n) is 9.61. The van der Waals surface area contributed by atoms with E-state index in [0.29, 0.717) is 0 Å². The largest absolute Gasteiger partial charge is 0.399 e. The van der Waals surface area contributed by atoms with Crippen molar-refractivity contribution in [3.8, 4) is 0 Å². The number of ether oxygens (including phenoxy) is 1. The van der Waals surface area contributed by atoms with Crippen LogP contribution in [0.15, 0.2) is 22.7 Å². The molecule has 16 heavy (non-hydrogen) atoms. The van der Waals surface area contributed by atoms with Crippen LogP contribution in [-0.4, -0.2) is 25.3 Å². The van der Waals surface area contributed by atoms with Crippen LogP contribution >= 0.6 is 15.9 Å². The quantitative estimate of drug-likeness (QED) is 0.806. The molecular weight excluding hydrogens is 268 g/mol. The van der Waals surface area contributed by atoms with Crippen LogP contribution in [0.2, 0.25) is 0 Å². The Hall–Kier alpha value is -0.740. The Morgan fingerprint density at radius 1 is 1.31 bits per heavy atom. The number of anilines is 2. The minimum Gasteiger partial charge on any atom is -0.399 e. The van der Waals surface area contributed by atoms with Gasteiger partial charge in [-0.05, 0) is 48.0 Å². The molecule has 1 aliphatic rings. The molecule has 0 saturated carbocycles. The van der Waals surface area contributed by atoms with E-state index in [4.69, 9.17) is 10.5 Å². The fourth-order valence-corrected chi connectivity index (χ4v) is 2.80. The molecule has 1 aromatic rings. The molecule has 4 heteroatoms. The van der Waals surface area contributed by atoms with Crippen LogP contribution in [-0.2, 0) is 4.74 Å². The minimum absolute atomic E-state index is 0.271. The molecule has 0 bridgehead atoms. The molecule has 3 nitrogen and oxygen atoms in total. The molecule has 2 atom stereocenters. The van der Waals surface area contributed by atoms with Crippen molar-refractivity contribution in [2.24, 2.45) is 0 Å². The molecule has 0 aromatic heterocycles. The number of nitrogen functional groups attached to an aromatic ring is 1. The molecule has 1 fully saturated rings. The van der Waals surface area contributed by atoms with E-state index in [2.05, 4.69) is 40.7 Å². The number of hydrogen-bond donors (Lipinski definition) is 1. The van der Waals surface area contributed by atoms with Gasteiger partial charge in [0.1, 0.15) is 0 Å². The smallest absolute Gasteiger partial charge is 0.0726 e. The number of nitrogens with two attached hydrogens (primary N) is 1. The van der Waals surface area contributed by atoms with Gasteiger partial charge in [-0.3, -0.25) is 0 Å². The van der Waals surface area contributed by atoms with Gasteiger partial charge in [0, 0.05) is 23.2 Å². The lowest BCUT2D eigenvalue weighted by molar-refractivity contribution is -0.00525. The highest BCUT2D eigenvalue weighted by atomic mass is 79.9. The summed E-state index contributed by atoms with van der Waals surface area (Å²) in [4.78, 5) is 2.34. The van der Waals surface area contributed by atoms with Gasteiger partial charge in [0.2, 0.25) is 0 Å². The second-order valence-corrected chi connectivity index (χ2v) is 5.23. The highest BCUT2D eigenvalue weighted by Gasteiger charge is 2.23. The van der Waals surface area contributed by atoms with E-state index in [-0.39, 0.29) is 12.2 Å². The number of morpholine rings is 1. The SMILES string of the molecule is C[C@H]1CN(c2ccc(N)cc2Br)C[C@H](C)O1. The third-order valence-electron chi connectivity index (χ3n) is 2.73. The van der Waals surface area contributed by atoms with Gasteiger partial charge in [-0.25, -0.2) is 0 Å². The summed E-state index contributed by atoms with van der Waals surface area (Å²) in [6.45, 7) is 6.06. The van der Waals surface area contributed by atoms with Crippen LogP contribution in [0, 0.1) is 0 Å². The molecule has 2 rings (SSSR count). The minimum atomic E-state index is 0.271. The van der Waals surface area contributed by atoms with Crippen LogP contribution in [0.4, 0.5) is 11.4 Å². The summed E-state index contributed by atoms with van der Waals surface area (Å²) in [7, 11) is 0. The molecule has 1 heterocycles. The fourth-order valence-electron chi connectivity index (χ4n) is 2.15. The molecule has 88 valence electrons. The van der Waals surface area contributed by atoms with E-state index >= 15 is 0 Å². The van der Waals surface area contributed by atoms with E-state index in [1.165, 1.54) is 5.69 Å². The summed E-state index contributed by atoms with van der Waals surface area (Å²) < 4.78 is 6.77. The van der Waals surface area contributed by atoms with Crippen LogP contribution in [0.5, 0.6) is 0 Å². The molecule has 0 spiro atoms. The van der Waals surface area contributed by atoms with Gasteiger partial charge < -0.3 is 15.4 Å². The van der Waals surface area contributed by atoms with Gasteiger partial charge in [-0.1, -0.05) is 0 Å². The van der Waals surface area contributed by atoms with E-state index in [0.717, 1.165) is 23.2 Å². The number of rotatable bonds is 1. The first kappa shape index (κ1) is 11.7. The second-order valence-electron chi connectivity index (χ2n) is 4.37. The van der Waals surface area contributed by atoms with Crippen LogP contribution in [0.1, 0.15) is 13.8 Å². The summed E-state index contributed by atoms with van der Waals surface area (Å²) in [6.07, 6.45) is 0.543. The number of nitrogens with zero attached hydrogens (tertiary/aromatic N) is 1. The van der Waals surface area contributed by atoms with E-state index in [1.54, 1.807) is 0 Å². The van der Waals surface area contributed by atoms with Gasteiger partial charge >= 0.3 is 0 Å². The maximum Gasteiger partial charge on any atom is 0.0726 e. The topological polar surface area (TPSA) is 38.5 Å². The van der Waals surface area contributed by atoms with Crippen molar-refractivity contribution in [1.82, 2.24) is 0 Å². The average molecular weight is 285 g/mol. The Balaban J connectivity index is 2.23. The zero-order chi connectivity index (χ0) is 11.7. The third kappa shape index (κ3) is 2.50. The molecule has 2 N–H and O–H groups in total. The van der Waals surface area contributed by atoms with E-state index in [1.807, 2.05) is 12.1 Å². The van der Waals surface area contributed by atoms with E-state index < -0.39 is 0 Å². The van der Waals surface area contributed by atoms with Crippen molar-refractivity contribution in [3.05, 3.63) is 22.7 Å². The van der Waals surface area contributed by atoms with Crippen LogP contribution in [0.3, 0.4) is 0 Å². The summed E-state index contributed by atoms with van der Waals surface area (Å²) in [5.74, 6) is 0. The van der Waals surface area contributed by atoms with Gasteiger partial charge in [-0.2, -0.15) is 0 Å². The standard InChI is InChI=1S/C12H17BrN2O/c1-8-6-15(7-9(2)16-8)12-4-3-10(14)5-11(12)13/h3-5,8-9H,6-7,14H2,1-2H3/t8-,9-/m0/s1. The predicted molar refractivity (Wildman–Crippen MR) is 70.8 cm³/mol. The molecule has 0 radical (unpaired) electrons. The molecule has 1 saturated heterocycles. The maximum absolute atomic E-state index is 5.74. The lowest BCUT2D eigenvalue weighted by Gasteiger charge is -2.37. The Bertz CT molecular complexity index is 373. The zero-order valence-corrected chi connectivity index (χ0v) is 11.2. The Morgan fingerprint density at radius 3 is 2.50 bits per heavy atom. The first-order chi connectivity index (χ1) is 7.56. The van der Waals surface area contributed by atoms with Crippen molar-refractivity contribution >= 4 is 27.3 Å². The lowest BCUT2D eigenvalue weighted by Crippen LogP contribution is -2.45. The number of hydrogen-bond acceptors (Lipinski definition) is 3. The van der Waals surface area contributed by atoms with Crippen molar-refractivity contribution in [2.45, 2.75) is 26.1 Å². The maximum atomic E-state index is 5.74. The highest BCUT2D eigenvalue weighted by Crippen LogP contribution is 2.30. The van der Waals surface area contributed by atoms with Gasteiger partial charge in [0.05, 0.1) is 17.9 Å². The first-order valence-corrected chi connectivity index (χ1v) is 6.31. The summed E-state index contributed by atoms with van der Waals surface area (Å²) in [5.41, 5.74) is 7.71. The lowest BCUT2D eigenvalue weighted by atomic mass is 10.2. The van der Waals surface area contributed by atoms with Crippen molar-refractivity contribution in [2.75, 3.05) is 23.7 Å². The Kier molecular flexibility index (Phi) is 3.40. The van der Waals surface area contributed by atoms with Gasteiger partial charge in [0.15, 0.2) is 0 Å². The van der Waals surface area contributed by atoms with E-state index in [9.17, 15) is 0 Å². The average Bonchev–Trinajstić information content (AvgIpc) is 2.15. The second kappa shape index (κ2) is 4.63. The van der Waals surface area contributed by atoms with Gasteiger partial charge in [-0.15, -0.1) is 0 Å². The third-order valence-corrected chi connectivity index (χ3v) is 3.37. The van der Waals surface area contributed by atoms with Crippen LogP contribution in [0.25, 0.3) is 0 Å². The normalized spacial score (nSPS) is 25.8. The summed E-state index contributed by atoms with van der Waals surface area (Å²) in [6, 6.07) is 5.94. The summed E-state index contributed by atoms with van der Waals surface area (Å²) >= 11 is 3.56. The molecule has 0 aliphatic carbocycles. The molecule has 1 aliphatic heterocycles. The number of halogens is 1. The monoisotopic (exact) mass is 284 g/mol. The number of benzene rings is 1. The predicted octanol–water partition coefficient (Wildman–Crippen LogP) is 2.64. The van der Waals surface area contributed by atoms with Crippen molar-refractivity contribution < 1.29 is 4.74 Å².